The number of likely N-dealkylation sites (N-methyl/N-ethyl adjacent to an activating group) is 1. The lowest BCUT2D eigenvalue weighted by Crippen LogP contribution is -2.34. The summed E-state index contributed by atoms with van der Waals surface area (Å²) in [4.78, 5) is 51.8. The lowest BCUT2D eigenvalue weighted by atomic mass is 10.1. The molecule has 2 aromatic rings. The Balaban J connectivity index is 1.69. The number of nitrogens with zero attached hydrogens (tertiary/aromatic N) is 2. The van der Waals surface area contributed by atoms with Crippen molar-refractivity contribution in [2.24, 2.45) is 0 Å². The normalized spacial score (nSPS) is 12.5. The molecule has 7 nitrogen and oxygen atoms in total. The highest BCUT2D eigenvalue weighted by atomic mass is 19.1. The molecule has 1 aliphatic heterocycles. The van der Waals surface area contributed by atoms with Crippen molar-refractivity contribution in [2.45, 2.75) is 6.92 Å². The first-order valence-electron chi connectivity index (χ1n) is 9.21. The third-order valence-electron chi connectivity index (χ3n) is 4.60. The van der Waals surface area contributed by atoms with Gasteiger partial charge in [0.1, 0.15) is 5.82 Å². The number of rotatable bonds is 7. The highest BCUT2D eigenvalue weighted by molar-refractivity contribution is 6.22. The zero-order valence-corrected chi connectivity index (χ0v) is 16.3. The first-order chi connectivity index (χ1) is 14.4. The molecule has 3 amide bonds. The average molecular weight is 410 g/mol. The Labute approximate surface area is 172 Å². The van der Waals surface area contributed by atoms with Crippen LogP contribution in [0.4, 0.5) is 10.1 Å². The van der Waals surface area contributed by atoms with Crippen LogP contribution in [-0.2, 0) is 9.53 Å². The molecule has 1 heterocycles. The smallest absolute Gasteiger partial charge is 0.338 e. The van der Waals surface area contributed by atoms with E-state index in [1.54, 1.807) is 6.92 Å². The summed E-state index contributed by atoms with van der Waals surface area (Å²) >= 11 is 0. The standard InChI is InChI=1S/C22H19FN2O5/c1-3-11-25-20(27)17-10-5-14(12-18(17)21(25)28)22(29)30-13-19(26)24(4-2)16-8-6-15(23)7-9-16/h3,5-10,12H,1,4,11,13H2,2H3. The van der Waals surface area contributed by atoms with Crippen LogP contribution in [0, 0.1) is 5.82 Å². The lowest BCUT2D eigenvalue weighted by molar-refractivity contribution is -0.121. The molecule has 0 radical (unpaired) electrons. The molecule has 8 heteroatoms. The second-order valence-electron chi connectivity index (χ2n) is 6.46. The molecule has 0 bridgehead atoms. The van der Waals surface area contributed by atoms with Gasteiger partial charge in [0.15, 0.2) is 6.61 Å². The second-order valence-corrected chi connectivity index (χ2v) is 6.46. The Morgan fingerprint density at radius 3 is 2.40 bits per heavy atom. The minimum atomic E-state index is -0.802. The largest absolute Gasteiger partial charge is 0.452 e. The number of hydrogen-bond donors (Lipinski definition) is 0. The summed E-state index contributed by atoms with van der Waals surface area (Å²) in [6.45, 7) is 5.09. The number of halogens is 1. The Morgan fingerprint density at radius 1 is 1.10 bits per heavy atom. The Bertz CT molecular complexity index is 1030. The summed E-state index contributed by atoms with van der Waals surface area (Å²) in [5, 5.41) is 0. The van der Waals surface area contributed by atoms with Gasteiger partial charge in [-0.1, -0.05) is 6.08 Å². The van der Waals surface area contributed by atoms with E-state index in [1.165, 1.54) is 53.4 Å². The molecule has 3 rings (SSSR count). The van der Waals surface area contributed by atoms with Gasteiger partial charge in [-0.05, 0) is 49.4 Å². The van der Waals surface area contributed by atoms with E-state index in [-0.39, 0.29) is 23.2 Å². The number of hydrogen-bond acceptors (Lipinski definition) is 5. The van der Waals surface area contributed by atoms with Gasteiger partial charge in [0.25, 0.3) is 17.7 Å². The molecule has 0 atom stereocenters. The van der Waals surface area contributed by atoms with Gasteiger partial charge >= 0.3 is 5.97 Å². The number of carbonyl (C=O) groups excluding carboxylic acids is 4. The van der Waals surface area contributed by atoms with E-state index in [0.29, 0.717) is 12.2 Å². The SMILES string of the molecule is C=CCN1C(=O)c2ccc(C(=O)OCC(=O)N(CC)c3ccc(F)cc3)cc2C1=O. The van der Waals surface area contributed by atoms with E-state index in [1.807, 2.05) is 0 Å². The summed E-state index contributed by atoms with van der Waals surface area (Å²) in [6, 6.07) is 9.40. The Hall–Kier alpha value is -3.81. The van der Waals surface area contributed by atoms with Gasteiger partial charge in [0, 0.05) is 18.8 Å². The van der Waals surface area contributed by atoms with E-state index in [2.05, 4.69) is 6.58 Å². The number of imide groups is 1. The van der Waals surface area contributed by atoms with Gasteiger partial charge in [0.05, 0.1) is 16.7 Å². The van der Waals surface area contributed by atoms with Crippen LogP contribution in [0.25, 0.3) is 0 Å². The molecule has 154 valence electrons. The van der Waals surface area contributed by atoms with Crippen molar-refractivity contribution in [2.75, 3.05) is 24.6 Å². The molecule has 0 saturated heterocycles. The van der Waals surface area contributed by atoms with Crippen LogP contribution in [0.15, 0.2) is 55.1 Å². The van der Waals surface area contributed by atoms with Gasteiger partial charge in [-0.3, -0.25) is 19.3 Å². The maximum absolute atomic E-state index is 13.1. The molecule has 0 spiro atoms. The number of fused-ring (bicyclic) bond motifs is 1. The first-order valence-corrected chi connectivity index (χ1v) is 9.21. The van der Waals surface area contributed by atoms with Gasteiger partial charge < -0.3 is 9.64 Å². The molecule has 0 aromatic heterocycles. The summed E-state index contributed by atoms with van der Waals surface area (Å²) in [5.74, 6) is -2.69. The maximum Gasteiger partial charge on any atom is 0.338 e. The zero-order valence-electron chi connectivity index (χ0n) is 16.3. The van der Waals surface area contributed by atoms with Gasteiger partial charge in [-0.15, -0.1) is 6.58 Å². The fourth-order valence-corrected chi connectivity index (χ4v) is 3.13. The van der Waals surface area contributed by atoms with Crippen LogP contribution >= 0.6 is 0 Å². The quantitative estimate of drug-likeness (QED) is 0.398. The lowest BCUT2D eigenvalue weighted by Gasteiger charge is -2.20. The molecule has 0 fully saturated rings. The van der Waals surface area contributed by atoms with Crippen molar-refractivity contribution in [3.8, 4) is 0 Å². The minimum Gasteiger partial charge on any atom is -0.452 e. The van der Waals surface area contributed by atoms with E-state index in [4.69, 9.17) is 4.74 Å². The summed E-state index contributed by atoms with van der Waals surface area (Å²) < 4.78 is 18.2. The second kappa shape index (κ2) is 8.69. The zero-order chi connectivity index (χ0) is 21.8. The van der Waals surface area contributed by atoms with Crippen LogP contribution < -0.4 is 4.90 Å². The van der Waals surface area contributed by atoms with Gasteiger partial charge in [-0.2, -0.15) is 0 Å². The fraction of sp³-hybridized carbons (Fsp3) is 0.182. The summed E-state index contributed by atoms with van der Waals surface area (Å²) in [6.07, 6.45) is 1.43. The predicted octanol–water partition coefficient (Wildman–Crippen LogP) is 2.82. The van der Waals surface area contributed by atoms with Crippen molar-refractivity contribution in [1.82, 2.24) is 4.90 Å². The average Bonchev–Trinajstić information content (AvgIpc) is 2.98. The highest BCUT2D eigenvalue weighted by Crippen LogP contribution is 2.24. The van der Waals surface area contributed by atoms with E-state index >= 15 is 0 Å². The number of amides is 3. The first kappa shape index (κ1) is 20.9. The fourth-order valence-electron chi connectivity index (χ4n) is 3.13. The molecule has 2 aromatic carbocycles. The summed E-state index contributed by atoms with van der Waals surface area (Å²) in [7, 11) is 0. The Kier molecular flexibility index (Phi) is 6.06. The van der Waals surface area contributed by atoms with Crippen molar-refractivity contribution in [3.05, 3.63) is 77.6 Å². The number of ether oxygens (including phenoxy) is 1. The predicted molar refractivity (Wildman–Crippen MR) is 107 cm³/mol. The van der Waals surface area contributed by atoms with E-state index < -0.39 is 36.1 Å². The van der Waals surface area contributed by atoms with Crippen LogP contribution in [0.3, 0.4) is 0 Å². The molecule has 1 aliphatic rings. The van der Waals surface area contributed by atoms with Crippen LogP contribution in [0.2, 0.25) is 0 Å². The number of esters is 1. The molecule has 30 heavy (non-hydrogen) atoms. The van der Waals surface area contributed by atoms with Gasteiger partial charge in [0.2, 0.25) is 0 Å². The molecular formula is C22H19FN2O5. The molecule has 0 saturated carbocycles. The van der Waals surface area contributed by atoms with Crippen LogP contribution in [0.5, 0.6) is 0 Å². The Morgan fingerprint density at radius 2 is 1.77 bits per heavy atom. The van der Waals surface area contributed by atoms with Crippen LogP contribution in [-0.4, -0.2) is 48.3 Å². The third-order valence-corrected chi connectivity index (χ3v) is 4.60. The minimum absolute atomic E-state index is 0.0491. The number of benzene rings is 2. The van der Waals surface area contributed by atoms with Gasteiger partial charge in [-0.25, -0.2) is 9.18 Å². The van der Waals surface area contributed by atoms with Crippen molar-refractivity contribution >= 4 is 29.4 Å². The van der Waals surface area contributed by atoms with E-state index in [9.17, 15) is 23.6 Å². The monoisotopic (exact) mass is 410 g/mol. The number of carbonyl (C=O) groups is 4. The highest BCUT2D eigenvalue weighted by Gasteiger charge is 2.35. The van der Waals surface area contributed by atoms with Crippen LogP contribution in [0.1, 0.15) is 38.0 Å². The maximum atomic E-state index is 13.1. The summed E-state index contributed by atoms with van der Waals surface area (Å²) in [5.41, 5.74) is 0.823. The van der Waals surface area contributed by atoms with Crippen molar-refractivity contribution < 1.29 is 28.3 Å². The van der Waals surface area contributed by atoms with Crippen molar-refractivity contribution in [1.29, 1.82) is 0 Å². The third kappa shape index (κ3) is 3.98. The molecule has 0 unspecified atom stereocenters. The van der Waals surface area contributed by atoms with Crippen molar-refractivity contribution in [3.63, 3.8) is 0 Å². The molecule has 0 aliphatic carbocycles. The molecular weight excluding hydrogens is 391 g/mol. The topological polar surface area (TPSA) is 84.0 Å². The molecule has 0 N–H and O–H groups in total. The number of anilines is 1. The van der Waals surface area contributed by atoms with E-state index in [0.717, 1.165) is 4.90 Å².